The Morgan fingerprint density at radius 3 is 2.53 bits per heavy atom. The normalized spacial score (nSPS) is 16.8. The van der Waals surface area contributed by atoms with Gasteiger partial charge in [-0.05, 0) is 30.3 Å². The molecule has 1 aliphatic rings. The lowest BCUT2D eigenvalue weighted by molar-refractivity contribution is -0.274. The number of rotatable bonds is 7. The molecule has 0 saturated carbocycles. The van der Waals surface area contributed by atoms with E-state index in [1.165, 1.54) is 22.9 Å². The van der Waals surface area contributed by atoms with Crippen LogP contribution in [0, 0.1) is 5.82 Å². The van der Waals surface area contributed by atoms with Crippen LogP contribution in [-0.2, 0) is 16.1 Å². The molecule has 0 unspecified atom stereocenters. The topological polar surface area (TPSA) is 120 Å². The molecule has 9 nitrogen and oxygen atoms in total. The molecule has 2 heterocycles. The Morgan fingerprint density at radius 1 is 1.07 bits per heavy atom. The first-order valence-corrected chi connectivity index (χ1v) is 13.0. The Bertz CT molecular complexity index is 1740. The number of nitrogens with one attached hydrogen (secondary N) is 1. The lowest BCUT2D eigenvalue weighted by Crippen LogP contribution is -2.44. The largest absolute Gasteiger partial charge is 0.573 e. The number of nitrogens with two attached hydrogens (primary N) is 1. The van der Waals surface area contributed by atoms with Crippen LogP contribution in [0.4, 0.5) is 27.6 Å². The highest BCUT2D eigenvalue weighted by Crippen LogP contribution is 2.37. The second-order valence-corrected chi connectivity index (χ2v) is 10.0. The zero-order valence-electron chi connectivity index (χ0n) is 21.9. The van der Waals surface area contributed by atoms with Gasteiger partial charge < -0.3 is 20.7 Å². The molecule has 1 fully saturated rings. The molecule has 0 spiro atoms. The number of fused-ring (bicyclic) bond motifs is 1. The lowest BCUT2D eigenvalue weighted by atomic mass is 10.0. The number of ether oxygens (including phenoxy) is 1. The van der Waals surface area contributed by atoms with E-state index in [1.807, 2.05) is 0 Å². The Kier molecular flexibility index (Phi) is 7.97. The van der Waals surface area contributed by atoms with E-state index in [9.17, 15) is 31.9 Å². The predicted octanol–water partition coefficient (Wildman–Crippen LogP) is 5.07. The maximum atomic E-state index is 15.6. The number of halogens is 6. The summed E-state index contributed by atoms with van der Waals surface area (Å²) in [5.41, 5.74) is 5.00. The summed E-state index contributed by atoms with van der Waals surface area (Å²) in [5.74, 6) is -4.06. The summed E-state index contributed by atoms with van der Waals surface area (Å²) in [5, 5.41) is 6.77. The highest BCUT2D eigenvalue weighted by atomic mass is 35.5. The summed E-state index contributed by atoms with van der Waals surface area (Å²) >= 11 is 6.12. The average Bonchev–Trinajstić information content (AvgIpc) is 3.51. The molecule has 2 atom stereocenters. The first-order valence-electron chi connectivity index (χ1n) is 12.7. The van der Waals surface area contributed by atoms with Crippen LogP contribution in [0.5, 0.6) is 5.75 Å². The van der Waals surface area contributed by atoms with Gasteiger partial charge in [-0.25, -0.2) is 8.78 Å². The Labute approximate surface area is 244 Å². The minimum atomic E-state index is -4.99. The molecule has 1 saturated heterocycles. The van der Waals surface area contributed by atoms with E-state index in [1.54, 1.807) is 24.3 Å². The summed E-state index contributed by atoms with van der Waals surface area (Å²) in [6.07, 6.45) is -6.91. The van der Waals surface area contributed by atoms with Gasteiger partial charge in [0, 0.05) is 28.0 Å². The minimum absolute atomic E-state index is 0.0616. The van der Waals surface area contributed by atoms with Crippen LogP contribution in [-0.4, -0.2) is 57.5 Å². The van der Waals surface area contributed by atoms with Gasteiger partial charge in [0.15, 0.2) is 11.5 Å². The molecule has 1 aromatic heterocycles. The molecule has 4 aromatic rings. The van der Waals surface area contributed by atoms with Crippen molar-refractivity contribution in [3.8, 4) is 16.9 Å². The van der Waals surface area contributed by atoms with Crippen molar-refractivity contribution < 1.29 is 41.1 Å². The van der Waals surface area contributed by atoms with Gasteiger partial charge in [-0.3, -0.25) is 19.1 Å². The molecule has 3 amide bonds. The number of hydrogen-bond acceptors (Lipinski definition) is 5. The third-order valence-electron chi connectivity index (χ3n) is 6.77. The molecule has 0 radical (unpaired) electrons. The summed E-state index contributed by atoms with van der Waals surface area (Å²) in [6.45, 7) is -0.855. The first-order chi connectivity index (χ1) is 20.3. The third kappa shape index (κ3) is 6.23. The van der Waals surface area contributed by atoms with Crippen LogP contribution in [0.2, 0.25) is 5.02 Å². The van der Waals surface area contributed by atoms with Crippen molar-refractivity contribution >= 4 is 45.9 Å². The van der Waals surface area contributed by atoms with Crippen LogP contribution in [0.25, 0.3) is 22.0 Å². The molecule has 0 aliphatic carbocycles. The summed E-state index contributed by atoms with van der Waals surface area (Å²) in [7, 11) is 0. The van der Waals surface area contributed by atoms with E-state index in [2.05, 4.69) is 15.2 Å². The summed E-state index contributed by atoms with van der Waals surface area (Å²) < 4.78 is 73.3. The number of amides is 3. The van der Waals surface area contributed by atoms with Gasteiger partial charge in [-0.15, -0.1) is 13.2 Å². The van der Waals surface area contributed by atoms with Crippen molar-refractivity contribution in [3.63, 3.8) is 0 Å². The maximum Gasteiger partial charge on any atom is 0.573 e. The van der Waals surface area contributed by atoms with Crippen LogP contribution >= 0.6 is 11.6 Å². The molecule has 3 N–H and O–H groups in total. The Balaban J connectivity index is 1.37. The third-order valence-corrected chi connectivity index (χ3v) is 7.10. The van der Waals surface area contributed by atoms with E-state index < -0.39 is 61.0 Å². The van der Waals surface area contributed by atoms with Crippen molar-refractivity contribution in [3.05, 3.63) is 77.2 Å². The van der Waals surface area contributed by atoms with Crippen LogP contribution in [0.3, 0.4) is 0 Å². The van der Waals surface area contributed by atoms with E-state index >= 15 is 4.39 Å². The minimum Gasteiger partial charge on any atom is -0.406 e. The standard InChI is InChI=1S/C28H21ClF5N5O4/c29-19-9-8-15(43-28(32,33)34)11-18(19)16-5-3-6-20(24(16)31)36-27(42)22-10-14(30)12-38(22)23(40)13-39-21-7-2-1-4-17(21)25(37-39)26(35)41/h1-9,11,14,22H,10,12-13H2,(H2,35,41)(H,36,42)/t14-,22+/m1/s1. The Morgan fingerprint density at radius 2 is 1.81 bits per heavy atom. The first kappa shape index (κ1) is 29.8. The molecule has 1 aliphatic heterocycles. The number of alkyl halides is 4. The van der Waals surface area contributed by atoms with Crippen molar-refractivity contribution in [2.45, 2.75) is 31.5 Å². The SMILES string of the molecule is NC(=O)c1nn(CC(=O)N2C[C@H](F)C[C@H]2C(=O)Nc2cccc(-c3cc(OC(F)(F)F)ccc3Cl)c2F)c2ccccc12. The number of carbonyl (C=O) groups excluding carboxylic acids is 3. The number of likely N-dealkylation sites (tertiary alicyclic amines) is 1. The number of benzene rings is 3. The smallest absolute Gasteiger partial charge is 0.406 e. The second kappa shape index (κ2) is 11.5. The number of nitrogens with zero attached hydrogens (tertiary/aromatic N) is 3. The van der Waals surface area contributed by atoms with E-state index in [-0.39, 0.29) is 34.0 Å². The summed E-state index contributed by atoms with van der Waals surface area (Å²) in [4.78, 5) is 39.3. The molecule has 15 heteroatoms. The van der Waals surface area contributed by atoms with Gasteiger partial charge in [-0.2, -0.15) is 5.10 Å². The second-order valence-electron chi connectivity index (χ2n) is 9.63. The molecular weight excluding hydrogens is 601 g/mol. The molecule has 224 valence electrons. The van der Waals surface area contributed by atoms with Crippen molar-refractivity contribution in [2.24, 2.45) is 5.73 Å². The number of aromatic nitrogens is 2. The molecule has 0 bridgehead atoms. The molecule has 3 aromatic carbocycles. The summed E-state index contributed by atoms with van der Waals surface area (Å²) in [6, 6.07) is 11.9. The monoisotopic (exact) mass is 621 g/mol. The average molecular weight is 622 g/mol. The fraction of sp³-hybridized carbons (Fsp3) is 0.214. The van der Waals surface area contributed by atoms with Crippen LogP contribution < -0.4 is 15.8 Å². The quantitative estimate of drug-likeness (QED) is 0.279. The molecule has 43 heavy (non-hydrogen) atoms. The van der Waals surface area contributed by atoms with Crippen molar-refractivity contribution in [1.82, 2.24) is 14.7 Å². The van der Waals surface area contributed by atoms with Crippen LogP contribution in [0.1, 0.15) is 16.9 Å². The number of anilines is 1. The fourth-order valence-electron chi connectivity index (χ4n) is 4.92. The van der Waals surface area contributed by atoms with Gasteiger partial charge in [0.05, 0.1) is 17.7 Å². The van der Waals surface area contributed by atoms with Crippen molar-refractivity contribution in [2.75, 3.05) is 11.9 Å². The van der Waals surface area contributed by atoms with E-state index in [4.69, 9.17) is 17.3 Å². The van der Waals surface area contributed by atoms with Gasteiger partial charge in [0.1, 0.15) is 24.5 Å². The number of primary amides is 1. The zero-order chi connectivity index (χ0) is 31.1. The number of hydrogen-bond donors (Lipinski definition) is 2. The van der Waals surface area contributed by atoms with E-state index in [0.717, 1.165) is 23.1 Å². The number of para-hydroxylation sites is 1. The zero-order valence-corrected chi connectivity index (χ0v) is 22.6. The number of carbonyl (C=O) groups is 3. The van der Waals surface area contributed by atoms with Gasteiger partial charge in [0.25, 0.3) is 5.91 Å². The highest BCUT2D eigenvalue weighted by molar-refractivity contribution is 6.33. The van der Waals surface area contributed by atoms with Gasteiger partial charge in [-0.1, -0.05) is 41.9 Å². The van der Waals surface area contributed by atoms with E-state index in [0.29, 0.717) is 10.9 Å². The van der Waals surface area contributed by atoms with Gasteiger partial charge >= 0.3 is 6.36 Å². The van der Waals surface area contributed by atoms with Gasteiger partial charge in [0.2, 0.25) is 11.8 Å². The Hall–Kier alpha value is -4.72. The molecular formula is C28H21ClF5N5O4. The van der Waals surface area contributed by atoms with Crippen LogP contribution in [0.15, 0.2) is 60.7 Å². The lowest BCUT2D eigenvalue weighted by Gasteiger charge is -2.24. The predicted molar refractivity (Wildman–Crippen MR) is 145 cm³/mol. The van der Waals surface area contributed by atoms with Crippen molar-refractivity contribution in [1.29, 1.82) is 0 Å². The molecule has 5 rings (SSSR count). The highest BCUT2D eigenvalue weighted by Gasteiger charge is 2.40. The maximum absolute atomic E-state index is 15.6. The fourth-order valence-corrected chi connectivity index (χ4v) is 5.14.